The minimum Gasteiger partial charge on any atom is -0.477 e. The first kappa shape index (κ1) is 20.0. The zero-order chi connectivity index (χ0) is 15.6. The largest absolute Gasteiger partial charge is 0.477 e. The van der Waals surface area contributed by atoms with E-state index in [9.17, 15) is 0 Å². The molecule has 0 amide bonds. The zero-order valence-electron chi connectivity index (χ0n) is 13.9. The first-order chi connectivity index (χ1) is 10.8. The predicted molar refractivity (Wildman–Crippen MR) is 103 cm³/mol. The molecule has 2 N–H and O–H groups in total. The van der Waals surface area contributed by atoms with Crippen LogP contribution in [-0.4, -0.2) is 44.9 Å². The summed E-state index contributed by atoms with van der Waals surface area (Å²) in [5.74, 6) is 2.22. The molecule has 1 saturated carbocycles. The molecule has 0 atom stereocenters. The fraction of sp³-hybridized carbons (Fsp3) is 0.625. The van der Waals surface area contributed by atoms with Crippen LogP contribution < -0.4 is 15.4 Å². The lowest BCUT2D eigenvalue weighted by molar-refractivity contribution is 0.195. The summed E-state index contributed by atoms with van der Waals surface area (Å²) < 4.78 is 10.7. The SMILES string of the molecule is CN=C(NCCCOC)NCc1ccnc(OCC2CC2)c1.I. The first-order valence-corrected chi connectivity index (χ1v) is 7.83. The Bertz CT molecular complexity index is 481. The molecule has 1 heterocycles. The molecule has 0 radical (unpaired) electrons. The fourth-order valence-electron chi connectivity index (χ4n) is 1.96. The number of hydrogen-bond acceptors (Lipinski definition) is 4. The zero-order valence-corrected chi connectivity index (χ0v) is 16.2. The number of rotatable bonds is 9. The number of nitrogens with one attached hydrogen (secondary N) is 2. The Morgan fingerprint density at radius 1 is 1.39 bits per heavy atom. The molecular weight excluding hydrogens is 407 g/mol. The Labute approximate surface area is 155 Å². The molecule has 1 aromatic heterocycles. The monoisotopic (exact) mass is 434 g/mol. The van der Waals surface area contributed by atoms with E-state index in [1.165, 1.54) is 12.8 Å². The first-order valence-electron chi connectivity index (χ1n) is 7.83. The van der Waals surface area contributed by atoms with Crippen molar-refractivity contribution in [2.75, 3.05) is 33.9 Å². The molecule has 6 nitrogen and oxygen atoms in total. The molecule has 7 heteroatoms. The Morgan fingerprint density at radius 2 is 2.22 bits per heavy atom. The van der Waals surface area contributed by atoms with Crippen LogP contribution in [0.4, 0.5) is 0 Å². The third-order valence-corrected chi connectivity index (χ3v) is 3.46. The van der Waals surface area contributed by atoms with Gasteiger partial charge in [0.05, 0.1) is 6.61 Å². The van der Waals surface area contributed by atoms with Crippen molar-refractivity contribution in [2.24, 2.45) is 10.9 Å². The maximum absolute atomic E-state index is 5.70. The van der Waals surface area contributed by atoms with Crippen molar-refractivity contribution in [3.05, 3.63) is 23.9 Å². The lowest BCUT2D eigenvalue weighted by atomic mass is 10.2. The second-order valence-electron chi connectivity index (χ2n) is 5.46. The Hall–Kier alpha value is -1.09. The lowest BCUT2D eigenvalue weighted by Crippen LogP contribution is -2.37. The van der Waals surface area contributed by atoms with E-state index in [-0.39, 0.29) is 24.0 Å². The number of nitrogens with zero attached hydrogens (tertiary/aromatic N) is 2. The lowest BCUT2D eigenvalue weighted by Gasteiger charge is -2.12. The molecule has 0 spiro atoms. The Morgan fingerprint density at radius 3 is 2.91 bits per heavy atom. The van der Waals surface area contributed by atoms with Crippen LogP contribution in [0.3, 0.4) is 0 Å². The van der Waals surface area contributed by atoms with E-state index in [1.807, 2.05) is 12.1 Å². The van der Waals surface area contributed by atoms with Crippen LogP contribution in [0.2, 0.25) is 0 Å². The van der Waals surface area contributed by atoms with Gasteiger partial charge in [0, 0.05) is 46.1 Å². The van der Waals surface area contributed by atoms with Gasteiger partial charge in [-0.2, -0.15) is 0 Å². The highest BCUT2D eigenvalue weighted by Gasteiger charge is 2.22. The number of ether oxygens (including phenoxy) is 2. The second kappa shape index (κ2) is 11.4. The van der Waals surface area contributed by atoms with Crippen LogP contribution in [0.1, 0.15) is 24.8 Å². The predicted octanol–water partition coefficient (Wildman–Crippen LogP) is 2.19. The van der Waals surface area contributed by atoms with Gasteiger partial charge in [-0.1, -0.05) is 0 Å². The molecule has 1 aromatic rings. The van der Waals surface area contributed by atoms with Crippen LogP contribution in [0.25, 0.3) is 0 Å². The van der Waals surface area contributed by atoms with E-state index < -0.39 is 0 Å². The van der Waals surface area contributed by atoms with Gasteiger partial charge in [-0.05, 0) is 36.8 Å². The maximum atomic E-state index is 5.70. The van der Waals surface area contributed by atoms with Crippen molar-refractivity contribution in [3.8, 4) is 5.88 Å². The van der Waals surface area contributed by atoms with E-state index in [0.29, 0.717) is 12.4 Å². The van der Waals surface area contributed by atoms with Gasteiger partial charge in [0.2, 0.25) is 5.88 Å². The average Bonchev–Trinajstić information content (AvgIpc) is 3.37. The standard InChI is InChI=1S/C16H26N4O2.HI/c1-17-16(19-7-3-9-21-2)20-11-14-6-8-18-15(10-14)22-12-13-4-5-13;/h6,8,10,13H,3-5,7,9,11-12H2,1-2H3,(H2,17,19,20);1H. The van der Waals surface area contributed by atoms with Gasteiger partial charge in [-0.15, -0.1) is 24.0 Å². The van der Waals surface area contributed by atoms with E-state index >= 15 is 0 Å². The van der Waals surface area contributed by atoms with E-state index in [0.717, 1.165) is 43.6 Å². The number of hydrogen-bond donors (Lipinski definition) is 2. The molecule has 1 aliphatic carbocycles. The minimum absolute atomic E-state index is 0. The molecular formula is C16H27IN4O2. The molecule has 2 rings (SSSR count). The summed E-state index contributed by atoms with van der Waals surface area (Å²) in [4.78, 5) is 8.44. The van der Waals surface area contributed by atoms with E-state index in [1.54, 1.807) is 20.4 Å². The number of halogens is 1. The summed E-state index contributed by atoms with van der Waals surface area (Å²) in [6.45, 7) is 3.05. The van der Waals surface area contributed by atoms with Gasteiger partial charge < -0.3 is 20.1 Å². The molecule has 1 aliphatic rings. The summed E-state index contributed by atoms with van der Waals surface area (Å²) in [6, 6.07) is 3.96. The fourth-order valence-corrected chi connectivity index (χ4v) is 1.96. The van der Waals surface area contributed by atoms with Gasteiger partial charge in [0.1, 0.15) is 0 Å². The number of pyridine rings is 1. The maximum Gasteiger partial charge on any atom is 0.213 e. The van der Waals surface area contributed by atoms with Crippen molar-refractivity contribution < 1.29 is 9.47 Å². The van der Waals surface area contributed by atoms with Crippen molar-refractivity contribution in [3.63, 3.8) is 0 Å². The van der Waals surface area contributed by atoms with E-state index in [2.05, 4.69) is 20.6 Å². The van der Waals surface area contributed by atoms with Crippen LogP contribution in [0.5, 0.6) is 5.88 Å². The number of aromatic nitrogens is 1. The normalized spacial score (nSPS) is 14.1. The van der Waals surface area contributed by atoms with E-state index in [4.69, 9.17) is 9.47 Å². The summed E-state index contributed by atoms with van der Waals surface area (Å²) in [5, 5.41) is 6.53. The summed E-state index contributed by atoms with van der Waals surface area (Å²) >= 11 is 0. The molecule has 1 fully saturated rings. The number of guanidine groups is 1. The third kappa shape index (κ3) is 8.36. The van der Waals surface area contributed by atoms with Crippen LogP contribution in [0, 0.1) is 5.92 Å². The highest BCUT2D eigenvalue weighted by Crippen LogP contribution is 2.29. The van der Waals surface area contributed by atoms with Gasteiger partial charge >= 0.3 is 0 Å². The average molecular weight is 434 g/mol. The second-order valence-corrected chi connectivity index (χ2v) is 5.46. The Balaban J connectivity index is 0.00000264. The molecule has 0 unspecified atom stereocenters. The van der Waals surface area contributed by atoms with Crippen LogP contribution in [-0.2, 0) is 11.3 Å². The van der Waals surface area contributed by atoms with Crippen LogP contribution in [0.15, 0.2) is 23.3 Å². The third-order valence-electron chi connectivity index (χ3n) is 3.46. The van der Waals surface area contributed by atoms with Gasteiger partial charge in [0.15, 0.2) is 5.96 Å². The smallest absolute Gasteiger partial charge is 0.213 e. The van der Waals surface area contributed by atoms with Crippen molar-refractivity contribution in [2.45, 2.75) is 25.8 Å². The van der Waals surface area contributed by atoms with Gasteiger partial charge in [-0.25, -0.2) is 4.98 Å². The number of aliphatic imine (C=N–C) groups is 1. The topological polar surface area (TPSA) is 67.8 Å². The Kier molecular flexibility index (Phi) is 9.93. The minimum atomic E-state index is 0. The molecule has 130 valence electrons. The van der Waals surface area contributed by atoms with Crippen molar-refractivity contribution in [1.82, 2.24) is 15.6 Å². The summed E-state index contributed by atoms with van der Waals surface area (Å²) in [6.07, 6.45) is 5.30. The highest BCUT2D eigenvalue weighted by molar-refractivity contribution is 14.0. The molecule has 0 aromatic carbocycles. The summed E-state index contributed by atoms with van der Waals surface area (Å²) in [5.41, 5.74) is 1.13. The summed E-state index contributed by atoms with van der Waals surface area (Å²) in [7, 11) is 3.47. The molecule has 0 aliphatic heterocycles. The van der Waals surface area contributed by atoms with Crippen molar-refractivity contribution >= 4 is 29.9 Å². The van der Waals surface area contributed by atoms with Crippen LogP contribution >= 0.6 is 24.0 Å². The molecule has 23 heavy (non-hydrogen) atoms. The molecule has 0 bridgehead atoms. The van der Waals surface area contributed by atoms with Gasteiger partial charge in [0.25, 0.3) is 0 Å². The van der Waals surface area contributed by atoms with Crippen molar-refractivity contribution in [1.29, 1.82) is 0 Å². The quantitative estimate of drug-likeness (QED) is 0.270. The van der Waals surface area contributed by atoms with Gasteiger partial charge in [-0.3, -0.25) is 4.99 Å². The molecule has 0 saturated heterocycles. The number of methoxy groups -OCH3 is 1. The highest BCUT2D eigenvalue weighted by atomic mass is 127.